The molecule has 0 radical (unpaired) electrons. The molecule has 0 bridgehead atoms. The fourth-order valence-electron chi connectivity index (χ4n) is 6.24. The van der Waals surface area contributed by atoms with E-state index in [-0.39, 0.29) is 57.4 Å². The van der Waals surface area contributed by atoms with E-state index in [4.69, 9.17) is 6.42 Å². The van der Waals surface area contributed by atoms with E-state index in [2.05, 4.69) is 98.6 Å². The summed E-state index contributed by atoms with van der Waals surface area (Å²) < 4.78 is 0. The second-order valence-electron chi connectivity index (χ2n) is 9.95. The summed E-state index contributed by atoms with van der Waals surface area (Å²) in [6, 6.07) is 24.9. The van der Waals surface area contributed by atoms with Crippen LogP contribution in [0.25, 0.3) is 17.2 Å². The van der Waals surface area contributed by atoms with Gasteiger partial charge in [-0.25, -0.2) is 0 Å². The van der Waals surface area contributed by atoms with E-state index in [1.807, 2.05) is 0 Å². The third-order valence-electron chi connectivity index (χ3n) is 8.02. The smallest absolute Gasteiger partial charge is 0.0233 e. The predicted molar refractivity (Wildman–Crippen MR) is 151 cm³/mol. The standard InChI is InChI=1S/C32H32.2ClH.Ti/c1-4-5-6-7-12-21-32(22-20-24-14-9-11-18-29(24)32)31(2,3)30-19-13-17-27-26-16-10-8-15-25(26)23-28(27)30;;;/h1,8-11,13-20,22H,5-7,12,21,23H2,2-3H3;2*1H;. The molecule has 0 saturated heterocycles. The van der Waals surface area contributed by atoms with Gasteiger partial charge in [0.1, 0.15) is 0 Å². The van der Waals surface area contributed by atoms with Crippen molar-refractivity contribution in [1.29, 1.82) is 0 Å². The van der Waals surface area contributed by atoms with Gasteiger partial charge in [-0.15, -0.1) is 37.2 Å². The zero-order chi connectivity index (χ0) is 22.2. The van der Waals surface area contributed by atoms with Crippen LogP contribution in [0.5, 0.6) is 0 Å². The Morgan fingerprint density at radius 1 is 0.857 bits per heavy atom. The molecule has 0 N–H and O–H groups in total. The van der Waals surface area contributed by atoms with E-state index >= 15 is 0 Å². The molecule has 3 aromatic carbocycles. The molecular weight excluding hydrogens is 503 g/mol. The van der Waals surface area contributed by atoms with Gasteiger partial charge in [-0.1, -0.05) is 106 Å². The average molecular weight is 537 g/mol. The van der Waals surface area contributed by atoms with Crippen LogP contribution in [-0.4, -0.2) is 0 Å². The monoisotopic (exact) mass is 536 g/mol. The van der Waals surface area contributed by atoms with Crippen molar-refractivity contribution in [2.24, 2.45) is 0 Å². The molecule has 1 atom stereocenters. The maximum absolute atomic E-state index is 5.49. The molecule has 0 spiro atoms. The van der Waals surface area contributed by atoms with Crippen LogP contribution < -0.4 is 0 Å². The molecule has 3 heteroatoms. The first-order chi connectivity index (χ1) is 15.6. The quantitative estimate of drug-likeness (QED) is 0.125. The summed E-state index contributed by atoms with van der Waals surface area (Å²) in [6.45, 7) is 4.94. The van der Waals surface area contributed by atoms with Crippen molar-refractivity contribution in [3.63, 3.8) is 0 Å². The second-order valence-corrected chi connectivity index (χ2v) is 9.95. The number of terminal acetylenes is 1. The number of unbranched alkanes of at least 4 members (excludes halogenated alkanes) is 3. The Morgan fingerprint density at radius 3 is 2.37 bits per heavy atom. The van der Waals surface area contributed by atoms with Crippen LogP contribution in [0, 0.1) is 12.3 Å². The van der Waals surface area contributed by atoms with Gasteiger partial charge in [0.05, 0.1) is 0 Å². The van der Waals surface area contributed by atoms with Gasteiger partial charge in [0.25, 0.3) is 0 Å². The fraction of sp³-hybridized carbons (Fsp3) is 0.312. The van der Waals surface area contributed by atoms with Crippen LogP contribution in [0.3, 0.4) is 0 Å². The summed E-state index contributed by atoms with van der Waals surface area (Å²) in [5.74, 6) is 2.80. The van der Waals surface area contributed by atoms with E-state index in [0.717, 1.165) is 25.7 Å². The average Bonchev–Trinajstić information content (AvgIpc) is 3.38. The van der Waals surface area contributed by atoms with E-state index < -0.39 is 0 Å². The summed E-state index contributed by atoms with van der Waals surface area (Å²) in [7, 11) is 0. The maximum Gasteiger partial charge on any atom is 0.0233 e. The van der Waals surface area contributed by atoms with Crippen LogP contribution in [0.4, 0.5) is 0 Å². The van der Waals surface area contributed by atoms with Crippen molar-refractivity contribution < 1.29 is 21.7 Å². The molecule has 0 amide bonds. The first-order valence-corrected chi connectivity index (χ1v) is 12.0. The first kappa shape index (κ1) is 29.5. The third kappa shape index (κ3) is 4.95. The summed E-state index contributed by atoms with van der Waals surface area (Å²) >= 11 is 0. The van der Waals surface area contributed by atoms with Crippen molar-refractivity contribution in [3.8, 4) is 23.5 Å². The Bertz CT molecular complexity index is 1230. The van der Waals surface area contributed by atoms with Crippen LogP contribution in [0.15, 0.2) is 72.8 Å². The minimum absolute atomic E-state index is 0. The largest absolute Gasteiger partial charge is 0.147 e. The minimum atomic E-state index is -0.0321. The van der Waals surface area contributed by atoms with Gasteiger partial charge in [0, 0.05) is 39.0 Å². The Balaban J connectivity index is 0.00000144. The van der Waals surface area contributed by atoms with E-state index in [1.165, 1.54) is 51.8 Å². The van der Waals surface area contributed by atoms with Gasteiger partial charge in [0.15, 0.2) is 0 Å². The Labute approximate surface area is 238 Å². The summed E-state index contributed by atoms with van der Waals surface area (Å²) in [4.78, 5) is 0. The van der Waals surface area contributed by atoms with Crippen LogP contribution in [-0.2, 0) is 39.0 Å². The maximum atomic E-state index is 5.49. The molecule has 180 valence electrons. The number of benzene rings is 3. The van der Waals surface area contributed by atoms with Gasteiger partial charge in [-0.05, 0) is 58.2 Å². The molecule has 3 aromatic rings. The van der Waals surface area contributed by atoms with Gasteiger partial charge < -0.3 is 0 Å². The molecule has 0 fully saturated rings. The second kappa shape index (κ2) is 12.0. The predicted octanol–water partition coefficient (Wildman–Crippen LogP) is 8.92. The molecule has 1 unspecified atom stereocenters. The molecule has 0 saturated carbocycles. The van der Waals surface area contributed by atoms with Crippen molar-refractivity contribution in [2.75, 3.05) is 0 Å². The molecule has 35 heavy (non-hydrogen) atoms. The Hall–Kier alpha value is -1.75. The molecule has 0 heterocycles. The van der Waals surface area contributed by atoms with Crippen LogP contribution in [0.2, 0.25) is 0 Å². The van der Waals surface area contributed by atoms with Crippen molar-refractivity contribution >= 4 is 30.9 Å². The van der Waals surface area contributed by atoms with Crippen molar-refractivity contribution in [1.82, 2.24) is 0 Å². The van der Waals surface area contributed by atoms with Crippen molar-refractivity contribution in [3.05, 3.63) is 101 Å². The number of hydrogen-bond donors (Lipinski definition) is 0. The molecule has 2 aliphatic rings. The van der Waals surface area contributed by atoms with Gasteiger partial charge >= 0.3 is 0 Å². The van der Waals surface area contributed by atoms with Crippen LogP contribution >= 0.6 is 24.8 Å². The molecule has 2 aliphatic carbocycles. The zero-order valence-electron chi connectivity index (χ0n) is 20.6. The van der Waals surface area contributed by atoms with Gasteiger partial charge in [-0.2, -0.15) is 0 Å². The number of rotatable bonds is 7. The number of allylic oxidation sites excluding steroid dienone is 1. The van der Waals surface area contributed by atoms with Crippen LogP contribution in [0.1, 0.15) is 73.8 Å². The molecule has 5 rings (SSSR count). The van der Waals surface area contributed by atoms with Crippen molar-refractivity contribution in [2.45, 2.75) is 63.2 Å². The SMILES string of the molecule is C#CCCCCCC1(C(C)(C)c2cccc3c2Cc2ccccc2-3)C=Cc2ccccc21.Cl.Cl.[Ti]. The molecule has 0 aliphatic heterocycles. The topological polar surface area (TPSA) is 0 Å². The zero-order valence-corrected chi connectivity index (χ0v) is 23.8. The summed E-state index contributed by atoms with van der Waals surface area (Å²) in [5, 5.41) is 0. The third-order valence-corrected chi connectivity index (χ3v) is 8.02. The summed E-state index contributed by atoms with van der Waals surface area (Å²) in [6.07, 6.45) is 16.9. The first-order valence-electron chi connectivity index (χ1n) is 12.0. The number of halogens is 2. The van der Waals surface area contributed by atoms with E-state index in [0.29, 0.717) is 0 Å². The number of hydrogen-bond acceptors (Lipinski definition) is 0. The van der Waals surface area contributed by atoms with E-state index in [1.54, 1.807) is 0 Å². The Morgan fingerprint density at radius 2 is 1.57 bits per heavy atom. The van der Waals surface area contributed by atoms with Gasteiger partial charge in [0.2, 0.25) is 0 Å². The fourth-order valence-corrected chi connectivity index (χ4v) is 6.24. The van der Waals surface area contributed by atoms with E-state index in [9.17, 15) is 0 Å². The normalized spacial score (nSPS) is 16.6. The summed E-state index contributed by atoms with van der Waals surface area (Å²) in [5.41, 5.74) is 10.1. The van der Waals surface area contributed by atoms with Gasteiger partial charge in [-0.3, -0.25) is 0 Å². The molecule has 0 nitrogen and oxygen atoms in total. The molecular formula is C32H34Cl2Ti. The molecule has 0 aromatic heterocycles. The number of fused-ring (bicyclic) bond motifs is 4. The minimum Gasteiger partial charge on any atom is -0.147 e. The Kier molecular flexibility index (Phi) is 10.1.